The van der Waals surface area contributed by atoms with Crippen LogP contribution >= 0.6 is 11.6 Å². The van der Waals surface area contributed by atoms with Gasteiger partial charge in [-0.05, 0) is 24.1 Å². The molecule has 0 spiro atoms. The molecule has 2 aliphatic heterocycles. The van der Waals surface area contributed by atoms with Gasteiger partial charge in [0.15, 0.2) is 0 Å². The van der Waals surface area contributed by atoms with Crippen molar-refractivity contribution in [2.24, 2.45) is 0 Å². The van der Waals surface area contributed by atoms with Crippen LogP contribution < -0.4 is 15.5 Å². The van der Waals surface area contributed by atoms with Crippen LogP contribution in [-0.4, -0.2) is 56.1 Å². The fourth-order valence-corrected chi connectivity index (χ4v) is 3.63. The molecule has 23 heavy (non-hydrogen) atoms. The second-order valence-electron chi connectivity index (χ2n) is 6.43. The van der Waals surface area contributed by atoms with E-state index in [2.05, 4.69) is 32.6 Å². The van der Waals surface area contributed by atoms with Crippen LogP contribution in [-0.2, 0) is 11.3 Å². The first-order valence-corrected chi connectivity index (χ1v) is 8.73. The third-order valence-corrected chi connectivity index (χ3v) is 4.82. The number of amides is 1. The molecule has 2 heterocycles. The minimum atomic E-state index is 0.0454. The Hall–Kier alpha value is -1.30. The zero-order valence-electron chi connectivity index (χ0n) is 13.6. The average molecular weight is 337 g/mol. The molecule has 0 bridgehead atoms. The van der Waals surface area contributed by atoms with Gasteiger partial charge in [0.2, 0.25) is 5.91 Å². The Bertz CT molecular complexity index is 560. The number of carbonyl (C=O) groups excluding carboxylic acids is 1. The fraction of sp³-hybridized carbons (Fsp3) is 0.588. The van der Waals surface area contributed by atoms with Crippen molar-refractivity contribution in [3.63, 3.8) is 0 Å². The Balaban J connectivity index is 1.72. The molecule has 2 N–H and O–H groups in total. The fourth-order valence-electron chi connectivity index (χ4n) is 3.46. The standard InChI is InChI=1S/C17H25ClN4O/c1-13(23)20-16-4-7-22(12-16)17-10-15(18)3-2-14(17)11-21-8-5-19-6-9-21/h2-3,10,16,19H,4-9,11-12H2,1H3,(H,20,23). The van der Waals surface area contributed by atoms with E-state index in [1.807, 2.05) is 6.07 Å². The predicted octanol–water partition coefficient (Wildman–Crippen LogP) is 1.46. The molecule has 1 aromatic rings. The zero-order valence-corrected chi connectivity index (χ0v) is 14.4. The molecule has 1 aromatic carbocycles. The van der Waals surface area contributed by atoms with E-state index in [9.17, 15) is 4.79 Å². The third-order valence-electron chi connectivity index (χ3n) is 4.59. The first-order valence-electron chi connectivity index (χ1n) is 8.35. The van der Waals surface area contributed by atoms with E-state index in [0.717, 1.165) is 57.3 Å². The van der Waals surface area contributed by atoms with Crippen molar-refractivity contribution in [1.82, 2.24) is 15.5 Å². The number of hydrogen-bond acceptors (Lipinski definition) is 4. The number of rotatable bonds is 4. The highest BCUT2D eigenvalue weighted by atomic mass is 35.5. The number of carbonyl (C=O) groups is 1. The van der Waals surface area contributed by atoms with Crippen LogP contribution in [0.1, 0.15) is 18.9 Å². The largest absolute Gasteiger partial charge is 0.369 e. The van der Waals surface area contributed by atoms with Crippen molar-refractivity contribution >= 4 is 23.2 Å². The summed E-state index contributed by atoms with van der Waals surface area (Å²) in [4.78, 5) is 16.1. The number of benzene rings is 1. The maximum Gasteiger partial charge on any atom is 0.217 e. The van der Waals surface area contributed by atoms with Gasteiger partial charge < -0.3 is 15.5 Å². The normalized spacial score (nSPS) is 22.3. The summed E-state index contributed by atoms with van der Waals surface area (Å²) in [6.07, 6.45) is 0.985. The molecule has 1 unspecified atom stereocenters. The van der Waals surface area contributed by atoms with Crippen molar-refractivity contribution in [2.45, 2.75) is 25.9 Å². The minimum Gasteiger partial charge on any atom is -0.369 e. The van der Waals surface area contributed by atoms with E-state index in [1.54, 1.807) is 6.92 Å². The van der Waals surface area contributed by atoms with Crippen molar-refractivity contribution in [3.05, 3.63) is 28.8 Å². The van der Waals surface area contributed by atoms with E-state index in [4.69, 9.17) is 11.6 Å². The first kappa shape index (κ1) is 16.6. The molecule has 126 valence electrons. The number of halogens is 1. The van der Waals surface area contributed by atoms with Crippen molar-refractivity contribution in [3.8, 4) is 0 Å². The van der Waals surface area contributed by atoms with Crippen LogP contribution in [0.25, 0.3) is 0 Å². The number of nitrogens with one attached hydrogen (secondary N) is 2. The molecule has 2 fully saturated rings. The Morgan fingerprint density at radius 2 is 2.13 bits per heavy atom. The monoisotopic (exact) mass is 336 g/mol. The summed E-state index contributed by atoms with van der Waals surface area (Å²) in [6, 6.07) is 6.42. The van der Waals surface area contributed by atoms with Gasteiger partial charge in [0.25, 0.3) is 0 Å². The highest BCUT2D eigenvalue weighted by Crippen LogP contribution is 2.29. The van der Waals surface area contributed by atoms with Crippen LogP contribution in [0.15, 0.2) is 18.2 Å². The third kappa shape index (κ3) is 4.37. The van der Waals surface area contributed by atoms with Crippen LogP contribution in [0.4, 0.5) is 5.69 Å². The van der Waals surface area contributed by atoms with E-state index in [-0.39, 0.29) is 11.9 Å². The predicted molar refractivity (Wildman–Crippen MR) is 94.0 cm³/mol. The summed E-state index contributed by atoms with van der Waals surface area (Å²) in [5.41, 5.74) is 2.53. The summed E-state index contributed by atoms with van der Waals surface area (Å²) >= 11 is 6.24. The number of anilines is 1. The highest BCUT2D eigenvalue weighted by Gasteiger charge is 2.25. The molecular weight excluding hydrogens is 312 g/mol. The molecule has 0 radical (unpaired) electrons. The van der Waals surface area contributed by atoms with Gasteiger partial charge >= 0.3 is 0 Å². The van der Waals surface area contributed by atoms with E-state index < -0.39 is 0 Å². The van der Waals surface area contributed by atoms with Gasteiger partial charge in [-0.25, -0.2) is 0 Å². The van der Waals surface area contributed by atoms with Crippen LogP contribution in [0.5, 0.6) is 0 Å². The van der Waals surface area contributed by atoms with Crippen LogP contribution in [0, 0.1) is 0 Å². The Morgan fingerprint density at radius 1 is 1.35 bits per heavy atom. The first-order chi connectivity index (χ1) is 11.1. The SMILES string of the molecule is CC(=O)NC1CCN(c2cc(Cl)ccc2CN2CCNCC2)C1. The molecule has 0 aromatic heterocycles. The molecule has 0 aliphatic carbocycles. The molecule has 2 aliphatic rings. The summed E-state index contributed by atoms with van der Waals surface area (Å²) < 4.78 is 0. The van der Waals surface area contributed by atoms with Crippen LogP contribution in [0.3, 0.4) is 0 Å². The highest BCUT2D eigenvalue weighted by molar-refractivity contribution is 6.30. The van der Waals surface area contributed by atoms with E-state index in [1.165, 1.54) is 11.3 Å². The lowest BCUT2D eigenvalue weighted by atomic mass is 10.1. The maximum absolute atomic E-state index is 11.3. The van der Waals surface area contributed by atoms with Gasteiger partial charge in [-0.2, -0.15) is 0 Å². The summed E-state index contributed by atoms with van der Waals surface area (Å²) in [5, 5.41) is 7.18. The summed E-state index contributed by atoms with van der Waals surface area (Å²) in [7, 11) is 0. The summed E-state index contributed by atoms with van der Waals surface area (Å²) in [5.74, 6) is 0.0454. The van der Waals surface area contributed by atoms with Gasteiger partial charge in [0.05, 0.1) is 0 Å². The van der Waals surface area contributed by atoms with E-state index >= 15 is 0 Å². The van der Waals surface area contributed by atoms with Crippen molar-refractivity contribution in [1.29, 1.82) is 0 Å². The quantitative estimate of drug-likeness (QED) is 0.874. The second-order valence-corrected chi connectivity index (χ2v) is 6.87. The number of hydrogen-bond donors (Lipinski definition) is 2. The lowest BCUT2D eigenvalue weighted by Gasteiger charge is -2.30. The zero-order chi connectivity index (χ0) is 16.2. The van der Waals surface area contributed by atoms with Crippen molar-refractivity contribution < 1.29 is 4.79 Å². The lowest BCUT2D eigenvalue weighted by Crippen LogP contribution is -2.43. The molecule has 0 saturated carbocycles. The number of nitrogens with zero attached hydrogens (tertiary/aromatic N) is 2. The molecular formula is C17H25ClN4O. The van der Waals surface area contributed by atoms with Gasteiger partial charge in [-0.15, -0.1) is 0 Å². The van der Waals surface area contributed by atoms with Gasteiger partial charge in [0.1, 0.15) is 0 Å². The maximum atomic E-state index is 11.3. The van der Waals surface area contributed by atoms with Gasteiger partial charge in [-0.3, -0.25) is 9.69 Å². The molecule has 1 amide bonds. The van der Waals surface area contributed by atoms with E-state index in [0.29, 0.717) is 0 Å². The molecule has 1 atom stereocenters. The number of piperazine rings is 1. The topological polar surface area (TPSA) is 47.6 Å². The lowest BCUT2D eigenvalue weighted by molar-refractivity contribution is -0.119. The van der Waals surface area contributed by atoms with Gasteiger partial charge in [0, 0.05) is 69.5 Å². The average Bonchev–Trinajstić information content (AvgIpc) is 2.97. The molecule has 2 saturated heterocycles. The molecule has 6 heteroatoms. The van der Waals surface area contributed by atoms with Crippen molar-refractivity contribution in [2.75, 3.05) is 44.2 Å². The summed E-state index contributed by atoms with van der Waals surface area (Å²) in [6.45, 7) is 8.61. The molecule has 3 rings (SSSR count). The Labute approximate surface area is 143 Å². The second kappa shape index (κ2) is 7.51. The molecule has 5 nitrogen and oxygen atoms in total. The minimum absolute atomic E-state index is 0.0454. The Morgan fingerprint density at radius 3 is 2.87 bits per heavy atom. The van der Waals surface area contributed by atoms with Crippen LogP contribution in [0.2, 0.25) is 5.02 Å². The smallest absolute Gasteiger partial charge is 0.217 e. The Kier molecular flexibility index (Phi) is 5.41. The van der Waals surface area contributed by atoms with Gasteiger partial charge in [-0.1, -0.05) is 17.7 Å².